The molecule has 1 saturated heterocycles. The molecular formula is C17H26N2O2. The first kappa shape index (κ1) is 13.6. The Morgan fingerprint density at radius 3 is 2.24 bits per heavy atom. The number of carbonyl (C=O) groups is 2. The van der Waals surface area contributed by atoms with Crippen molar-refractivity contribution < 1.29 is 9.59 Å². The summed E-state index contributed by atoms with van der Waals surface area (Å²) in [6, 6.07) is 0. The van der Waals surface area contributed by atoms with Gasteiger partial charge in [-0.2, -0.15) is 0 Å². The third-order valence-electron chi connectivity index (χ3n) is 6.49. The Bertz CT molecular complexity index is 438. The van der Waals surface area contributed by atoms with Gasteiger partial charge in [0.2, 0.25) is 11.8 Å². The summed E-state index contributed by atoms with van der Waals surface area (Å²) in [5.41, 5.74) is -0.0523. The van der Waals surface area contributed by atoms with Crippen LogP contribution in [0.2, 0.25) is 0 Å². The van der Waals surface area contributed by atoms with Crippen molar-refractivity contribution in [2.45, 2.75) is 44.9 Å². The van der Waals surface area contributed by atoms with Crippen molar-refractivity contribution in [2.24, 2.45) is 29.1 Å². The summed E-state index contributed by atoms with van der Waals surface area (Å²) in [4.78, 5) is 26.2. The van der Waals surface area contributed by atoms with Gasteiger partial charge in [0.25, 0.3) is 0 Å². The molecule has 116 valence electrons. The van der Waals surface area contributed by atoms with Crippen molar-refractivity contribution in [1.29, 1.82) is 0 Å². The smallest absolute Gasteiger partial charge is 0.226 e. The van der Waals surface area contributed by atoms with E-state index in [4.69, 9.17) is 0 Å². The monoisotopic (exact) mass is 290 g/mol. The lowest BCUT2D eigenvalue weighted by atomic mass is 9.49. The summed E-state index contributed by atoms with van der Waals surface area (Å²) in [6.07, 6.45) is 8.06. The summed E-state index contributed by atoms with van der Waals surface area (Å²) in [6.45, 7) is 1.47. The van der Waals surface area contributed by atoms with E-state index in [0.29, 0.717) is 24.8 Å². The zero-order chi connectivity index (χ0) is 14.6. The van der Waals surface area contributed by atoms with Crippen molar-refractivity contribution in [1.82, 2.24) is 10.2 Å². The fourth-order valence-corrected chi connectivity index (χ4v) is 5.91. The highest BCUT2D eigenvalue weighted by Crippen LogP contribution is 2.60. The second kappa shape index (κ2) is 4.72. The molecule has 0 aromatic heterocycles. The van der Waals surface area contributed by atoms with Gasteiger partial charge in [0, 0.05) is 37.9 Å². The van der Waals surface area contributed by atoms with E-state index in [2.05, 4.69) is 5.32 Å². The SMILES string of the molecule is CN1CC(CNC(=O)C23CC4CC(CC(C4)C2)C3)CC1=O. The van der Waals surface area contributed by atoms with Crippen LogP contribution in [0.4, 0.5) is 0 Å². The van der Waals surface area contributed by atoms with Crippen LogP contribution in [0.1, 0.15) is 44.9 Å². The van der Waals surface area contributed by atoms with E-state index in [0.717, 1.165) is 43.6 Å². The molecule has 4 heteroatoms. The third kappa shape index (κ3) is 2.27. The summed E-state index contributed by atoms with van der Waals surface area (Å²) >= 11 is 0. The lowest BCUT2D eigenvalue weighted by molar-refractivity contribution is -0.146. The van der Waals surface area contributed by atoms with E-state index in [1.807, 2.05) is 7.05 Å². The number of likely N-dealkylation sites (tertiary alicyclic amines) is 1. The molecule has 0 aromatic rings. The van der Waals surface area contributed by atoms with Gasteiger partial charge in [-0.1, -0.05) is 0 Å². The fraction of sp³-hybridized carbons (Fsp3) is 0.882. The number of nitrogens with zero attached hydrogens (tertiary/aromatic N) is 1. The maximum atomic E-state index is 12.8. The highest BCUT2D eigenvalue weighted by molar-refractivity contribution is 5.83. The highest BCUT2D eigenvalue weighted by Gasteiger charge is 2.54. The number of hydrogen-bond acceptors (Lipinski definition) is 2. The van der Waals surface area contributed by atoms with Crippen LogP contribution in [0.25, 0.3) is 0 Å². The number of hydrogen-bond donors (Lipinski definition) is 1. The maximum Gasteiger partial charge on any atom is 0.226 e. The van der Waals surface area contributed by atoms with Crippen molar-refractivity contribution in [3.8, 4) is 0 Å². The van der Waals surface area contributed by atoms with Crippen molar-refractivity contribution >= 4 is 11.8 Å². The molecule has 21 heavy (non-hydrogen) atoms. The third-order valence-corrected chi connectivity index (χ3v) is 6.49. The molecule has 1 N–H and O–H groups in total. The lowest BCUT2D eigenvalue weighted by Crippen LogP contribution is -2.54. The van der Waals surface area contributed by atoms with Crippen LogP contribution in [-0.4, -0.2) is 36.9 Å². The van der Waals surface area contributed by atoms with Crippen LogP contribution in [0.5, 0.6) is 0 Å². The number of nitrogens with one attached hydrogen (secondary N) is 1. The molecule has 1 atom stereocenters. The second-order valence-electron chi connectivity index (χ2n) is 8.25. The van der Waals surface area contributed by atoms with E-state index in [1.165, 1.54) is 19.3 Å². The molecule has 1 aliphatic heterocycles. The van der Waals surface area contributed by atoms with E-state index in [1.54, 1.807) is 4.90 Å². The van der Waals surface area contributed by atoms with Gasteiger partial charge in [-0.15, -0.1) is 0 Å². The Kier molecular flexibility index (Phi) is 3.05. The van der Waals surface area contributed by atoms with Crippen molar-refractivity contribution in [3.63, 3.8) is 0 Å². The number of carbonyl (C=O) groups excluding carboxylic acids is 2. The molecule has 0 aromatic carbocycles. The summed E-state index contributed by atoms with van der Waals surface area (Å²) in [5, 5.41) is 3.20. The molecule has 4 saturated carbocycles. The summed E-state index contributed by atoms with van der Waals surface area (Å²) < 4.78 is 0. The van der Waals surface area contributed by atoms with Crippen LogP contribution >= 0.6 is 0 Å². The predicted octanol–water partition coefficient (Wildman–Crippen LogP) is 1.80. The Morgan fingerprint density at radius 1 is 1.19 bits per heavy atom. The zero-order valence-corrected chi connectivity index (χ0v) is 12.9. The Labute approximate surface area is 126 Å². The van der Waals surface area contributed by atoms with Crippen molar-refractivity contribution in [2.75, 3.05) is 20.1 Å². The van der Waals surface area contributed by atoms with E-state index in [9.17, 15) is 9.59 Å². The van der Waals surface area contributed by atoms with Gasteiger partial charge in [0.1, 0.15) is 0 Å². The van der Waals surface area contributed by atoms with Crippen LogP contribution in [0, 0.1) is 29.1 Å². The standard InChI is InChI=1S/C17H26N2O2/c1-19-10-14(5-15(19)20)9-18-16(21)17-6-11-2-12(7-17)4-13(3-11)8-17/h11-14H,2-10H2,1H3,(H,18,21). The topological polar surface area (TPSA) is 49.4 Å². The Balaban J connectivity index is 1.38. The van der Waals surface area contributed by atoms with E-state index < -0.39 is 0 Å². The van der Waals surface area contributed by atoms with Crippen LogP contribution in [-0.2, 0) is 9.59 Å². The van der Waals surface area contributed by atoms with Gasteiger partial charge in [0.15, 0.2) is 0 Å². The Hall–Kier alpha value is -1.06. The minimum Gasteiger partial charge on any atom is -0.355 e. The van der Waals surface area contributed by atoms with Gasteiger partial charge >= 0.3 is 0 Å². The minimum absolute atomic E-state index is 0.0523. The lowest BCUT2D eigenvalue weighted by Gasteiger charge is -2.55. The molecule has 1 heterocycles. The quantitative estimate of drug-likeness (QED) is 0.861. The molecule has 1 unspecified atom stereocenters. The van der Waals surface area contributed by atoms with Gasteiger partial charge in [0.05, 0.1) is 0 Å². The van der Waals surface area contributed by atoms with Crippen LogP contribution in [0.3, 0.4) is 0 Å². The second-order valence-corrected chi connectivity index (χ2v) is 8.25. The van der Waals surface area contributed by atoms with Crippen LogP contribution < -0.4 is 5.32 Å². The zero-order valence-electron chi connectivity index (χ0n) is 12.9. The normalized spacial score (nSPS) is 44.4. The molecule has 5 rings (SSSR count). The predicted molar refractivity (Wildman–Crippen MR) is 79.4 cm³/mol. The van der Waals surface area contributed by atoms with E-state index >= 15 is 0 Å². The van der Waals surface area contributed by atoms with Gasteiger partial charge in [-0.05, 0) is 56.3 Å². The molecule has 5 aliphatic rings. The minimum atomic E-state index is -0.0523. The maximum absolute atomic E-state index is 12.8. The molecular weight excluding hydrogens is 264 g/mol. The molecule has 0 radical (unpaired) electrons. The average Bonchev–Trinajstić information content (AvgIpc) is 2.73. The molecule has 4 aliphatic carbocycles. The first-order chi connectivity index (χ1) is 10.0. The van der Waals surface area contributed by atoms with Crippen LogP contribution in [0.15, 0.2) is 0 Å². The molecule has 2 amide bonds. The van der Waals surface area contributed by atoms with Gasteiger partial charge in [-0.3, -0.25) is 9.59 Å². The van der Waals surface area contributed by atoms with E-state index in [-0.39, 0.29) is 11.3 Å². The molecule has 4 bridgehead atoms. The number of amides is 2. The number of rotatable bonds is 3. The highest BCUT2D eigenvalue weighted by atomic mass is 16.2. The first-order valence-corrected chi connectivity index (χ1v) is 8.56. The van der Waals surface area contributed by atoms with Crippen molar-refractivity contribution in [3.05, 3.63) is 0 Å². The van der Waals surface area contributed by atoms with Gasteiger partial charge < -0.3 is 10.2 Å². The molecule has 5 fully saturated rings. The summed E-state index contributed by atoms with van der Waals surface area (Å²) in [5.74, 6) is 3.23. The molecule has 4 nitrogen and oxygen atoms in total. The average molecular weight is 290 g/mol. The molecule has 0 spiro atoms. The largest absolute Gasteiger partial charge is 0.355 e. The fourth-order valence-electron chi connectivity index (χ4n) is 5.91. The Morgan fingerprint density at radius 2 is 1.76 bits per heavy atom. The van der Waals surface area contributed by atoms with Gasteiger partial charge in [-0.25, -0.2) is 0 Å². The first-order valence-electron chi connectivity index (χ1n) is 8.56. The summed E-state index contributed by atoms with van der Waals surface area (Å²) in [7, 11) is 1.85.